The van der Waals surface area contributed by atoms with Crippen molar-refractivity contribution in [3.63, 3.8) is 0 Å². The van der Waals surface area contributed by atoms with Crippen molar-refractivity contribution in [3.8, 4) is 0 Å². The van der Waals surface area contributed by atoms with Crippen LogP contribution in [-0.4, -0.2) is 13.1 Å². The van der Waals surface area contributed by atoms with Gasteiger partial charge in [0.2, 0.25) is 0 Å². The quantitative estimate of drug-likeness (QED) is 0.586. The molecule has 1 aromatic carbocycles. The van der Waals surface area contributed by atoms with Crippen LogP contribution in [0.15, 0.2) is 18.2 Å². The van der Waals surface area contributed by atoms with Crippen molar-refractivity contribution in [3.05, 3.63) is 23.8 Å². The smallest absolute Gasteiger partial charge is 0.0606 e. The molecule has 0 amide bonds. The zero-order valence-electron chi connectivity index (χ0n) is 6.65. The van der Waals surface area contributed by atoms with Crippen LogP contribution in [0.4, 0.5) is 11.4 Å². The first kappa shape index (κ1) is 6.53. The van der Waals surface area contributed by atoms with Crippen molar-refractivity contribution in [2.75, 3.05) is 23.7 Å². The molecule has 0 aromatic heterocycles. The highest BCUT2D eigenvalue weighted by molar-refractivity contribution is 5.73. The highest BCUT2D eigenvalue weighted by Crippen LogP contribution is 2.26. The number of hydrogen-bond donors (Lipinski definition) is 2. The molecule has 0 unspecified atom stereocenters. The van der Waals surface area contributed by atoms with E-state index in [2.05, 4.69) is 35.8 Å². The molecule has 0 bridgehead atoms. The second-order valence-corrected chi connectivity index (χ2v) is 2.85. The zero-order chi connectivity index (χ0) is 7.68. The maximum atomic E-state index is 3.37. The lowest BCUT2D eigenvalue weighted by molar-refractivity contribution is 1.04. The molecule has 11 heavy (non-hydrogen) atoms. The van der Waals surface area contributed by atoms with E-state index < -0.39 is 0 Å². The van der Waals surface area contributed by atoms with E-state index in [1.807, 2.05) is 0 Å². The minimum absolute atomic E-state index is 1.02. The van der Waals surface area contributed by atoms with Crippen molar-refractivity contribution in [2.24, 2.45) is 0 Å². The number of para-hydroxylation sites is 1. The molecule has 0 aliphatic carbocycles. The maximum absolute atomic E-state index is 3.37. The Kier molecular flexibility index (Phi) is 1.46. The van der Waals surface area contributed by atoms with Gasteiger partial charge in [-0.15, -0.1) is 0 Å². The monoisotopic (exact) mass is 148 g/mol. The number of anilines is 2. The molecular formula is C9H12N2. The van der Waals surface area contributed by atoms with E-state index in [1.54, 1.807) is 0 Å². The predicted octanol–water partition coefficient (Wildman–Crippen LogP) is 1.83. The Morgan fingerprint density at radius 2 is 2.00 bits per heavy atom. The summed E-state index contributed by atoms with van der Waals surface area (Å²) in [6.45, 7) is 4.17. The van der Waals surface area contributed by atoms with Crippen LogP contribution in [0.1, 0.15) is 5.56 Å². The van der Waals surface area contributed by atoms with E-state index in [4.69, 9.17) is 0 Å². The van der Waals surface area contributed by atoms with Gasteiger partial charge < -0.3 is 10.6 Å². The Hall–Kier alpha value is -1.18. The number of fused-ring (bicyclic) bond motifs is 1. The summed E-state index contributed by atoms with van der Waals surface area (Å²) in [7, 11) is 0. The summed E-state index contributed by atoms with van der Waals surface area (Å²) in [5, 5.41) is 6.71. The minimum Gasteiger partial charge on any atom is -0.382 e. The molecule has 0 fully saturated rings. The van der Waals surface area contributed by atoms with Crippen molar-refractivity contribution >= 4 is 11.4 Å². The van der Waals surface area contributed by atoms with Gasteiger partial charge in [0.1, 0.15) is 0 Å². The molecule has 1 aliphatic heterocycles. The van der Waals surface area contributed by atoms with Crippen LogP contribution >= 0.6 is 0 Å². The summed E-state index contributed by atoms with van der Waals surface area (Å²) in [5.74, 6) is 0. The van der Waals surface area contributed by atoms with Gasteiger partial charge in [0, 0.05) is 13.1 Å². The van der Waals surface area contributed by atoms with Crippen LogP contribution in [0.2, 0.25) is 0 Å². The standard InChI is InChI=1S/C9H12N2/c1-7-3-2-4-8-9(7)11-6-5-10-8/h2-4,10-11H,5-6H2,1H3. The van der Waals surface area contributed by atoms with Gasteiger partial charge in [0.25, 0.3) is 0 Å². The van der Waals surface area contributed by atoms with Crippen molar-refractivity contribution in [1.29, 1.82) is 0 Å². The molecule has 0 saturated carbocycles. The third kappa shape index (κ3) is 1.04. The lowest BCUT2D eigenvalue weighted by atomic mass is 10.1. The largest absolute Gasteiger partial charge is 0.382 e. The molecule has 1 aliphatic rings. The van der Waals surface area contributed by atoms with Crippen LogP contribution in [0.3, 0.4) is 0 Å². The number of rotatable bonds is 0. The van der Waals surface area contributed by atoms with E-state index >= 15 is 0 Å². The Morgan fingerprint density at radius 1 is 1.18 bits per heavy atom. The first-order chi connectivity index (χ1) is 5.38. The normalized spacial score (nSPS) is 14.6. The average Bonchev–Trinajstić information content (AvgIpc) is 2.06. The first-order valence-electron chi connectivity index (χ1n) is 3.95. The second-order valence-electron chi connectivity index (χ2n) is 2.85. The molecule has 2 heteroatoms. The fourth-order valence-corrected chi connectivity index (χ4v) is 1.43. The molecular weight excluding hydrogens is 136 g/mol. The summed E-state index contributed by atoms with van der Waals surface area (Å²) in [5.41, 5.74) is 3.81. The van der Waals surface area contributed by atoms with Gasteiger partial charge in [-0.1, -0.05) is 12.1 Å². The Labute approximate surface area is 66.6 Å². The van der Waals surface area contributed by atoms with Crippen LogP contribution in [0.5, 0.6) is 0 Å². The molecule has 0 radical (unpaired) electrons. The Balaban J connectivity index is 2.49. The van der Waals surface area contributed by atoms with E-state index in [1.165, 1.54) is 16.9 Å². The number of aryl methyl sites for hydroxylation is 1. The van der Waals surface area contributed by atoms with Crippen LogP contribution < -0.4 is 10.6 Å². The Bertz CT molecular complexity index is 268. The fraction of sp³-hybridized carbons (Fsp3) is 0.333. The SMILES string of the molecule is Cc1cccc2c1NCCN2. The van der Waals surface area contributed by atoms with Crippen LogP contribution in [0.25, 0.3) is 0 Å². The summed E-state index contributed by atoms with van der Waals surface area (Å²) >= 11 is 0. The number of benzene rings is 1. The molecule has 1 heterocycles. The van der Waals surface area contributed by atoms with E-state index in [-0.39, 0.29) is 0 Å². The third-order valence-corrected chi connectivity index (χ3v) is 2.02. The van der Waals surface area contributed by atoms with Gasteiger partial charge in [-0.05, 0) is 18.6 Å². The zero-order valence-corrected chi connectivity index (χ0v) is 6.65. The van der Waals surface area contributed by atoms with Gasteiger partial charge in [-0.25, -0.2) is 0 Å². The summed E-state index contributed by atoms with van der Waals surface area (Å²) in [4.78, 5) is 0. The highest BCUT2D eigenvalue weighted by atomic mass is 15.0. The molecule has 0 spiro atoms. The highest BCUT2D eigenvalue weighted by Gasteiger charge is 2.07. The molecule has 0 saturated heterocycles. The molecule has 2 N–H and O–H groups in total. The summed E-state index contributed by atoms with van der Waals surface area (Å²) in [6, 6.07) is 6.31. The van der Waals surface area contributed by atoms with Crippen LogP contribution in [0, 0.1) is 6.92 Å². The Morgan fingerprint density at radius 3 is 2.82 bits per heavy atom. The van der Waals surface area contributed by atoms with Crippen molar-refractivity contribution in [1.82, 2.24) is 0 Å². The van der Waals surface area contributed by atoms with E-state index in [9.17, 15) is 0 Å². The summed E-state index contributed by atoms with van der Waals surface area (Å²) < 4.78 is 0. The second kappa shape index (κ2) is 2.46. The maximum Gasteiger partial charge on any atom is 0.0606 e. The topological polar surface area (TPSA) is 24.1 Å². The summed E-state index contributed by atoms with van der Waals surface area (Å²) in [6.07, 6.45) is 0. The fourth-order valence-electron chi connectivity index (χ4n) is 1.43. The van der Waals surface area contributed by atoms with Gasteiger partial charge >= 0.3 is 0 Å². The molecule has 58 valence electrons. The average molecular weight is 148 g/mol. The van der Waals surface area contributed by atoms with Crippen LogP contribution in [-0.2, 0) is 0 Å². The van der Waals surface area contributed by atoms with Gasteiger partial charge in [-0.3, -0.25) is 0 Å². The lowest BCUT2D eigenvalue weighted by Crippen LogP contribution is -2.20. The molecule has 1 aromatic rings. The van der Waals surface area contributed by atoms with Crippen molar-refractivity contribution < 1.29 is 0 Å². The third-order valence-electron chi connectivity index (χ3n) is 2.02. The van der Waals surface area contributed by atoms with Crippen molar-refractivity contribution in [2.45, 2.75) is 6.92 Å². The molecule has 2 nitrogen and oxygen atoms in total. The van der Waals surface area contributed by atoms with Gasteiger partial charge in [0.15, 0.2) is 0 Å². The molecule has 0 atom stereocenters. The van der Waals surface area contributed by atoms with Gasteiger partial charge in [0.05, 0.1) is 11.4 Å². The van der Waals surface area contributed by atoms with Gasteiger partial charge in [-0.2, -0.15) is 0 Å². The minimum atomic E-state index is 1.02. The van der Waals surface area contributed by atoms with E-state index in [0.29, 0.717) is 0 Å². The van der Waals surface area contributed by atoms with E-state index in [0.717, 1.165) is 13.1 Å². The number of hydrogen-bond acceptors (Lipinski definition) is 2. The predicted molar refractivity (Wildman–Crippen MR) is 48.2 cm³/mol. The number of nitrogens with one attached hydrogen (secondary N) is 2. The molecule has 2 rings (SSSR count). The first-order valence-corrected chi connectivity index (χ1v) is 3.95. The lowest BCUT2D eigenvalue weighted by Gasteiger charge is -2.21.